The zero-order valence-corrected chi connectivity index (χ0v) is 19.2. The zero-order chi connectivity index (χ0) is 22.1. The largest absolute Gasteiger partial charge is 0.350 e. The number of carbonyl (C=O) groups excluding carboxylic acids is 1. The third-order valence-electron chi connectivity index (χ3n) is 6.64. The van der Waals surface area contributed by atoms with Gasteiger partial charge < -0.3 is 10.2 Å². The van der Waals surface area contributed by atoms with Crippen molar-refractivity contribution >= 4 is 32.6 Å². The van der Waals surface area contributed by atoms with E-state index in [1.807, 2.05) is 37.3 Å². The zero-order valence-electron chi connectivity index (χ0n) is 18.4. The summed E-state index contributed by atoms with van der Waals surface area (Å²) in [5, 5.41) is 8.48. The van der Waals surface area contributed by atoms with E-state index < -0.39 is 0 Å². The number of hydrogen-bond donors (Lipinski definition) is 1. The van der Waals surface area contributed by atoms with Gasteiger partial charge in [-0.1, -0.05) is 60.9 Å². The lowest BCUT2D eigenvalue weighted by atomic mass is 9.96. The van der Waals surface area contributed by atoms with Crippen molar-refractivity contribution in [1.29, 1.82) is 0 Å². The summed E-state index contributed by atoms with van der Waals surface area (Å²) < 4.78 is 2.52. The summed E-state index contributed by atoms with van der Waals surface area (Å²) in [6.07, 6.45) is 7.26. The Morgan fingerprint density at radius 3 is 2.69 bits per heavy atom. The van der Waals surface area contributed by atoms with E-state index in [0.717, 1.165) is 66.2 Å². The molecule has 1 amide bonds. The van der Waals surface area contributed by atoms with Crippen molar-refractivity contribution in [3.05, 3.63) is 51.9 Å². The molecule has 32 heavy (non-hydrogen) atoms. The molecule has 1 aliphatic heterocycles. The molecule has 1 atom stereocenters. The minimum absolute atomic E-state index is 0.0140. The molecule has 5 rings (SSSR count). The fourth-order valence-electron chi connectivity index (χ4n) is 4.93. The van der Waals surface area contributed by atoms with Gasteiger partial charge in [-0.25, -0.2) is 9.67 Å². The smallest absolute Gasteiger partial charge is 0.294 e. The SMILES string of the molecule is Cc1nn(C2CCCCC2)c(=O)c2nc(N3CCCC3C(=O)NCc3ccccc3)sc12. The van der Waals surface area contributed by atoms with E-state index in [1.54, 1.807) is 4.68 Å². The van der Waals surface area contributed by atoms with Crippen molar-refractivity contribution in [2.45, 2.75) is 70.5 Å². The second-order valence-corrected chi connectivity index (χ2v) is 9.83. The molecule has 3 aromatic rings. The van der Waals surface area contributed by atoms with E-state index in [0.29, 0.717) is 12.1 Å². The van der Waals surface area contributed by atoms with Crippen molar-refractivity contribution in [3.8, 4) is 0 Å². The Hall–Kier alpha value is -2.74. The summed E-state index contributed by atoms with van der Waals surface area (Å²) in [4.78, 5) is 33.0. The van der Waals surface area contributed by atoms with Crippen LogP contribution in [0.4, 0.5) is 5.13 Å². The van der Waals surface area contributed by atoms with Crippen molar-refractivity contribution in [2.24, 2.45) is 0 Å². The van der Waals surface area contributed by atoms with E-state index >= 15 is 0 Å². The lowest BCUT2D eigenvalue weighted by Crippen LogP contribution is -2.43. The molecule has 0 radical (unpaired) electrons. The van der Waals surface area contributed by atoms with Crippen LogP contribution in [0.1, 0.15) is 62.2 Å². The second kappa shape index (κ2) is 9.02. The first-order valence-electron chi connectivity index (χ1n) is 11.6. The monoisotopic (exact) mass is 451 g/mol. The van der Waals surface area contributed by atoms with Gasteiger partial charge in [-0.05, 0) is 38.2 Å². The highest BCUT2D eigenvalue weighted by atomic mass is 32.1. The maximum absolute atomic E-state index is 13.2. The van der Waals surface area contributed by atoms with Gasteiger partial charge >= 0.3 is 0 Å². The summed E-state index contributed by atoms with van der Waals surface area (Å²) in [6.45, 7) is 3.24. The number of carbonyl (C=O) groups is 1. The van der Waals surface area contributed by atoms with Gasteiger partial charge in [-0.2, -0.15) is 5.10 Å². The van der Waals surface area contributed by atoms with Crippen LogP contribution in [0.2, 0.25) is 0 Å². The molecule has 168 valence electrons. The van der Waals surface area contributed by atoms with Crippen molar-refractivity contribution in [3.63, 3.8) is 0 Å². The van der Waals surface area contributed by atoms with Gasteiger partial charge in [0.25, 0.3) is 5.56 Å². The Morgan fingerprint density at radius 2 is 1.91 bits per heavy atom. The van der Waals surface area contributed by atoms with Gasteiger partial charge in [0.2, 0.25) is 5.91 Å². The molecule has 0 bridgehead atoms. The molecule has 8 heteroatoms. The molecule has 2 aromatic heterocycles. The number of anilines is 1. The molecule has 1 aromatic carbocycles. The second-order valence-electron chi connectivity index (χ2n) is 8.86. The van der Waals surface area contributed by atoms with Crippen LogP contribution in [0, 0.1) is 6.92 Å². The predicted octanol–water partition coefficient (Wildman–Crippen LogP) is 3.95. The fourth-order valence-corrected chi connectivity index (χ4v) is 6.00. The molecular formula is C24H29N5O2S. The number of amides is 1. The quantitative estimate of drug-likeness (QED) is 0.635. The molecule has 1 aliphatic carbocycles. The molecular weight excluding hydrogens is 422 g/mol. The summed E-state index contributed by atoms with van der Waals surface area (Å²) in [5.41, 5.74) is 2.33. The number of rotatable bonds is 5. The van der Waals surface area contributed by atoms with E-state index in [2.05, 4.69) is 15.3 Å². The molecule has 1 saturated heterocycles. The van der Waals surface area contributed by atoms with Crippen LogP contribution in [0.5, 0.6) is 0 Å². The Balaban J connectivity index is 1.39. The normalized spacial score (nSPS) is 19.5. The van der Waals surface area contributed by atoms with Crippen LogP contribution in [0.15, 0.2) is 35.1 Å². The highest BCUT2D eigenvalue weighted by Crippen LogP contribution is 2.34. The summed E-state index contributed by atoms with van der Waals surface area (Å²) in [5.74, 6) is 0.0140. The topological polar surface area (TPSA) is 80.1 Å². The summed E-state index contributed by atoms with van der Waals surface area (Å²) in [7, 11) is 0. The average Bonchev–Trinajstić information content (AvgIpc) is 3.49. The van der Waals surface area contributed by atoms with Gasteiger partial charge in [0.05, 0.1) is 16.4 Å². The van der Waals surface area contributed by atoms with E-state index in [1.165, 1.54) is 17.8 Å². The van der Waals surface area contributed by atoms with Gasteiger partial charge in [0.1, 0.15) is 6.04 Å². The minimum Gasteiger partial charge on any atom is -0.350 e. The lowest BCUT2D eigenvalue weighted by Gasteiger charge is -2.23. The highest BCUT2D eigenvalue weighted by molar-refractivity contribution is 7.22. The van der Waals surface area contributed by atoms with Crippen molar-refractivity contribution < 1.29 is 4.79 Å². The highest BCUT2D eigenvalue weighted by Gasteiger charge is 2.33. The van der Waals surface area contributed by atoms with Gasteiger partial charge in [-0.3, -0.25) is 9.59 Å². The first-order valence-corrected chi connectivity index (χ1v) is 12.4. The molecule has 0 spiro atoms. The van der Waals surface area contributed by atoms with Crippen molar-refractivity contribution in [2.75, 3.05) is 11.4 Å². The standard InChI is InChI=1S/C24H29N5O2S/c1-16-21-20(23(31)29(27-16)18-11-6-3-7-12-18)26-24(32-21)28-14-8-13-19(28)22(30)25-15-17-9-4-2-5-10-17/h2,4-5,9-10,18-19H,3,6-8,11-15H2,1H3,(H,25,30). The first kappa shape index (κ1) is 21.1. The van der Waals surface area contributed by atoms with Crippen LogP contribution in [-0.4, -0.2) is 33.3 Å². The number of thiazole rings is 1. The number of fused-ring (bicyclic) bond motifs is 1. The number of hydrogen-bond acceptors (Lipinski definition) is 6. The van der Waals surface area contributed by atoms with E-state index in [4.69, 9.17) is 4.98 Å². The predicted molar refractivity (Wildman–Crippen MR) is 127 cm³/mol. The number of aromatic nitrogens is 3. The Bertz CT molecular complexity index is 1170. The molecule has 2 aliphatic rings. The van der Waals surface area contributed by atoms with Crippen LogP contribution >= 0.6 is 11.3 Å². The molecule has 1 N–H and O–H groups in total. The maximum atomic E-state index is 13.2. The number of aryl methyl sites for hydroxylation is 1. The van der Waals surface area contributed by atoms with Crippen molar-refractivity contribution in [1.82, 2.24) is 20.1 Å². The minimum atomic E-state index is -0.256. The summed E-state index contributed by atoms with van der Waals surface area (Å²) in [6, 6.07) is 9.85. The molecule has 7 nitrogen and oxygen atoms in total. The summed E-state index contributed by atoms with van der Waals surface area (Å²) >= 11 is 1.49. The van der Waals surface area contributed by atoms with Crippen LogP contribution in [-0.2, 0) is 11.3 Å². The number of nitrogens with zero attached hydrogens (tertiary/aromatic N) is 4. The Morgan fingerprint density at radius 1 is 1.12 bits per heavy atom. The number of benzene rings is 1. The molecule has 1 saturated carbocycles. The van der Waals surface area contributed by atoms with Crippen LogP contribution in [0.25, 0.3) is 10.2 Å². The third kappa shape index (κ3) is 4.03. The third-order valence-corrected chi connectivity index (χ3v) is 7.85. The fraction of sp³-hybridized carbons (Fsp3) is 0.500. The molecule has 2 fully saturated rings. The van der Waals surface area contributed by atoms with E-state index in [9.17, 15) is 9.59 Å². The maximum Gasteiger partial charge on any atom is 0.294 e. The molecule has 1 unspecified atom stereocenters. The lowest BCUT2D eigenvalue weighted by molar-refractivity contribution is -0.122. The van der Waals surface area contributed by atoms with Crippen LogP contribution in [0.3, 0.4) is 0 Å². The average molecular weight is 452 g/mol. The Labute approximate surface area is 191 Å². The Kier molecular flexibility index (Phi) is 5.95. The number of nitrogens with one attached hydrogen (secondary N) is 1. The van der Waals surface area contributed by atoms with Gasteiger partial charge in [0.15, 0.2) is 10.6 Å². The molecule has 3 heterocycles. The van der Waals surface area contributed by atoms with Crippen LogP contribution < -0.4 is 15.8 Å². The van der Waals surface area contributed by atoms with Gasteiger partial charge in [0, 0.05) is 13.1 Å². The van der Waals surface area contributed by atoms with Gasteiger partial charge in [-0.15, -0.1) is 0 Å². The first-order chi connectivity index (χ1) is 15.6. The van der Waals surface area contributed by atoms with E-state index in [-0.39, 0.29) is 23.6 Å².